The minimum absolute atomic E-state index is 0.568. The van der Waals surface area contributed by atoms with Crippen molar-refractivity contribution < 1.29 is 5.11 Å². The molecule has 0 amide bonds. The Morgan fingerprint density at radius 3 is 2.72 bits per heavy atom. The number of rotatable bonds is 3. The molecule has 1 aromatic heterocycles. The van der Waals surface area contributed by atoms with Gasteiger partial charge in [0.15, 0.2) is 0 Å². The Morgan fingerprint density at radius 1 is 1.39 bits per heavy atom. The van der Waals surface area contributed by atoms with E-state index in [9.17, 15) is 5.11 Å². The van der Waals surface area contributed by atoms with Crippen molar-refractivity contribution in [2.75, 3.05) is 11.9 Å². The predicted molar refractivity (Wildman–Crippen MR) is 72.6 cm³/mol. The second kappa shape index (κ2) is 5.22. The lowest BCUT2D eigenvalue weighted by Gasteiger charge is -2.35. The Kier molecular flexibility index (Phi) is 3.85. The third kappa shape index (κ3) is 3.19. The van der Waals surface area contributed by atoms with Crippen LogP contribution in [0.2, 0.25) is 0 Å². The highest BCUT2D eigenvalue weighted by molar-refractivity contribution is 5.39. The molecule has 1 fully saturated rings. The van der Waals surface area contributed by atoms with Gasteiger partial charge in [0.1, 0.15) is 5.82 Å². The summed E-state index contributed by atoms with van der Waals surface area (Å²) in [6, 6.07) is 0. The summed E-state index contributed by atoms with van der Waals surface area (Å²) in [5.74, 6) is 1.54. The van der Waals surface area contributed by atoms with Crippen LogP contribution in [0.15, 0.2) is 6.20 Å². The number of aliphatic hydroxyl groups is 1. The van der Waals surface area contributed by atoms with Crippen molar-refractivity contribution in [2.24, 2.45) is 5.92 Å². The van der Waals surface area contributed by atoms with E-state index in [0.717, 1.165) is 48.8 Å². The topological polar surface area (TPSA) is 58.0 Å². The molecule has 1 heterocycles. The molecule has 1 aliphatic rings. The van der Waals surface area contributed by atoms with Gasteiger partial charge < -0.3 is 10.4 Å². The number of nitrogens with zero attached hydrogens (tertiary/aromatic N) is 2. The smallest absolute Gasteiger partial charge is 0.147 e. The number of nitrogens with one attached hydrogen (secondary N) is 1. The monoisotopic (exact) mass is 249 g/mol. The molecule has 0 radical (unpaired) electrons. The largest absolute Gasteiger partial charge is 0.388 e. The van der Waals surface area contributed by atoms with Gasteiger partial charge >= 0.3 is 0 Å². The lowest BCUT2D eigenvalue weighted by molar-refractivity contribution is 0.00493. The minimum Gasteiger partial charge on any atom is -0.388 e. The summed E-state index contributed by atoms with van der Waals surface area (Å²) in [5.41, 5.74) is 1.20. The van der Waals surface area contributed by atoms with Crippen LogP contribution in [0.1, 0.15) is 44.0 Å². The molecule has 4 nitrogen and oxygen atoms in total. The Bertz CT molecular complexity index is 412. The van der Waals surface area contributed by atoms with Crippen molar-refractivity contribution in [3.05, 3.63) is 17.6 Å². The van der Waals surface area contributed by atoms with Crippen molar-refractivity contribution in [2.45, 2.75) is 52.1 Å². The average molecular weight is 249 g/mol. The van der Waals surface area contributed by atoms with Gasteiger partial charge in [0.25, 0.3) is 0 Å². The maximum Gasteiger partial charge on any atom is 0.147 e. The van der Waals surface area contributed by atoms with E-state index < -0.39 is 5.60 Å². The summed E-state index contributed by atoms with van der Waals surface area (Å²) >= 11 is 0. The quantitative estimate of drug-likeness (QED) is 0.864. The lowest BCUT2D eigenvalue weighted by Crippen LogP contribution is -2.40. The van der Waals surface area contributed by atoms with Gasteiger partial charge in [0, 0.05) is 12.7 Å². The molecule has 0 aliphatic heterocycles. The number of aromatic nitrogens is 2. The molecule has 100 valence electrons. The molecule has 4 heteroatoms. The Morgan fingerprint density at radius 2 is 2.06 bits per heavy atom. The second-order valence-corrected chi connectivity index (χ2v) is 5.71. The molecule has 0 aromatic carbocycles. The third-order valence-corrected chi connectivity index (χ3v) is 3.87. The van der Waals surface area contributed by atoms with Crippen LogP contribution in [0, 0.1) is 19.8 Å². The molecule has 18 heavy (non-hydrogen) atoms. The highest BCUT2D eigenvalue weighted by Gasteiger charge is 2.31. The zero-order valence-electron chi connectivity index (χ0n) is 11.5. The number of anilines is 1. The van der Waals surface area contributed by atoms with Crippen molar-refractivity contribution in [3.8, 4) is 0 Å². The van der Waals surface area contributed by atoms with Gasteiger partial charge in [0.2, 0.25) is 0 Å². The van der Waals surface area contributed by atoms with Crippen LogP contribution in [0.25, 0.3) is 0 Å². The highest BCUT2D eigenvalue weighted by atomic mass is 16.3. The van der Waals surface area contributed by atoms with Crippen LogP contribution in [0.3, 0.4) is 0 Å². The Labute approximate surface area is 109 Å². The van der Waals surface area contributed by atoms with Gasteiger partial charge in [-0.05, 0) is 45.4 Å². The molecule has 0 saturated heterocycles. The first-order valence-electron chi connectivity index (χ1n) is 6.75. The van der Waals surface area contributed by atoms with Crippen LogP contribution < -0.4 is 5.32 Å². The van der Waals surface area contributed by atoms with Crippen LogP contribution in [0.5, 0.6) is 0 Å². The molecule has 2 rings (SSSR count). The van der Waals surface area contributed by atoms with Crippen molar-refractivity contribution in [1.82, 2.24) is 9.97 Å². The van der Waals surface area contributed by atoms with E-state index in [1.165, 1.54) is 0 Å². The van der Waals surface area contributed by atoms with E-state index in [1.807, 2.05) is 13.8 Å². The van der Waals surface area contributed by atoms with Crippen LogP contribution in [0.4, 0.5) is 5.82 Å². The third-order valence-electron chi connectivity index (χ3n) is 3.87. The minimum atomic E-state index is -0.579. The molecule has 0 spiro atoms. The van der Waals surface area contributed by atoms with E-state index in [0.29, 0.717) is 6.54 Å². The Balaban J connectivity index is 1.96. The molecule has 0 unspecified atom stereocenters. The zero-order valence-corrected chi connectivity index (χ0v) is 11.5. The first-order valence-corrected chi connectivity index (χ1v) is 6.75. The molecule has 1 aliphatic carbocycles. The molecule has 1 aromatic rings. The SMILES string of the molecule is Cc1cnc(C)c(NCC2(O)CCC(C)CC2)n1. The van der Waals surface area contributed by atoms with Crippen molar-refractivity contribution in [1.29, 1.82) is 0 Å². The van der Waals surface area contributed by atoms with Crippen LogP contribution >= 0.6 is 0 Å². The summed E-state index contributed by atoms with van der Waals surface area (Å²) in [6.45, 7) is 6.68. The normalized spacial score (nSPS) is 28.1. The molecule has 0 bridgehead atoms. The summed E-state index contributed by atoms with van der Waals surface area (Å²) < 4.78 is 0. The fraction of sp³-hybridized carbons (Fsp3) is 0.714. The van der Waals surface area contributed by atoms with Gasteiger partial charge in [-0.25, -0.2) is 4.98 Å². The number of hydrogen-bond acceptors (Lipinski definition) is 4. The van der Waals surface area contributed by atoms with Crippen LogP contribution in [-0.2, 0) is 0 Å². The molecule has 2 N–H and O–H groups in total. The van der Waals surface area contributed by atoms with E-state index in [1.54, 1.807) is 6.20 Å². The summed E-state index contributed by atoms with van der Waals surface area (Å²) in [6.07, 6.45) is 5.73. The van der Waals surface area contributed by atoms with Gasteiger partial charge in [-0.2, -0.15) is 0 Å². The first kappa shape index (κ1) is 13.3. The van der Waals surface area contributed by atoms with Crippen LogP contribution in [-0.4, -0.2) is 27.2 Å². The molecule has 0 atom stereocenters. The van der Waals surface area contributed by atoms with E-state index in [4.69, 9.17) is 0 Å². The average Bonchev–Trinajstić information content (AvgIpc) is 2.35. The fourth-order valence-corrected chi connectivity index (χ4v) is 2.43. The van der Waals surface area contributed by atoms with Crippen molar-refractivity contribution >= 4 is 5.82 Å². The highest BCUT2D eigenvalue weighted by Crippen LogP contribution is 2.31. The summed E-state index contributed by atoms with van der Waals surface area (Å²) in [4.78, 5) is 8.69. The van der Waals surface area contributed by atoms with Gasteiger partial charge in [-0.1, -0.05) is 6.92 Å². The number of hydrogen-bond donors (Lipinski definition) is 2. The zero-order chi connectivity index (χ0) is 13.2. The fourth-order valence-electron chi connectivity index (χ4n) is 2.43. The van der Waals surface area contributed by atoms with Gasteiger partial charge in [0.05, 0.1) is 17.0 Å². The lowest BCUT2D eigenvalue weighted by atomic mass is 9.79. The maximum absolute atomic E-state index is 10.5. The molecular weight excluding hydrogens is 226 g/mol. The van der Waals surface area contributed by atoms with Gasteiger partial charge in [-0.15, -0.1) is 0 Å². The predicted octanol–water partition coefficient (Wildman–Crippen LogP) is 2.45. The number of aryl methyl sites for hydroxylation is 2. The second-order valence-electron chi connectivity index (χ2n) is 5.71. The van der Waals surface area contributed by atoms with Crippen molar-refractivity contribution in [3.63, 3.8) is 0 Å². The first-order chi connectivity index (χ1) is 8.48. The van der Waals surface area contributed by atoms with E-state index >= 15 is 0 Å². The Hall–Kier alpha value is -1.16. The summed E-state index contributed by atoms with van der Waals surface area (Å²) in [5, 5.41) is 13.8. The molecule has 1 saturated carbocycles. The van der Waals surface area contributed by atoms with Gasteiger partial charge in [-0.3, -0.25) is 4.98 Å². The summed E-state index contributed by atoms with van der Waals surface area (Å²) in [7, 11) is 0. The van der Waals surface area contributed by atoms with E-state index in [-0.39, 0.29) is 0 Å². The standard InChI is InChI=1S/C14H23N3O/c1-10-4-6-14(18,7-5-10)9-16-13-12(3)15-8-11(2)17-13/h8,10,18H,4-7,9H2,1-3H3,(H,16,17). The van der Waals surface area contributed by atoms with E-state index in [2.05, 4.69) is 22.2 Å². The molecular formula is C14H23N3O. The maximum atomic E-state index is 10.5.